The Kier molecular flexibility index (Phi) is 3.70. The zero-order valence-electron chi connectivity index (χ0n) is 11.3. The van der Waals surface area contributed by atoms with Gasteiger partial charge in [-0.1, -0.05) is 6.92 Å². The van der Waals surface area contributed by atoms with E-state index in [4.69, 9.17) is 0 Å². The van der Waals surface area contributed by atoms with Gasteiger partial charge in [-0.25, -0.2) is 0 Å². The molecule has 2 atom stereocenters. The van der Waals surface area contributed by atoms with E-state index in [0.29, 0.717) is 12.3 Å². The van der Waals surface area contributed by atoms with Crippen LogP contribution in [0.5, 0.6) is 0 Å². The van der Waals surface area contributed by atoms with E-state index in [2.05, 4.69) is 27.9 Å². The molecule has 0 spiro atoms. The Labute approximate surface area is 132 Å². The van der Waals surface area contributed by atoms with Crippen LogP contribution in [0.15, 0.2) is 24.3 Å². The summed E-state index contributed by atoms with van der Waals surface area (Å²) in [7, 11) is 0. The Balaban J connectivity index is 1.95. The summed E-state index contributed by atoms with van der Waals surface area (Å²) >= 11 is 2.23. The van der Waals surface area contributed by atoms with Crippen LogP contribution < -0.4 is 10.2 Å². The lowest BCUT2D eigenvalue weighted by Gasteiger charge is -2.38. The minimum absolute atomic E-state index is 0.0254. The van der Waals surface area contributed by atoms with Gasteiger partial charge in [0.1, 0.15) is 12.1 Å². The van der Waals surface area contributed by atoms with Gasteiger partial charge in [-0.05, 0) is 72.0 Å². The standard InChI is InChI=1S/C15H17IN2O2/c1-2-12-14(19)17-13(9-3-4-9)15(20)18(12)11-7-5-10(16)6-8-11/h5-9,12-13H,2-4H2,1H3,(H,17,19). The third-order valence-corrected chi connectivity index (χ3v) is 4.72. The first kappa shape index (κ1) is 13.9. The first-order chi connectivity index (χ1) is 9.61. The lowest BCUT2D eigenvalue weighted by Crippen LogP contribution is -2.64. The Morgan fingerprint density at radius 2 is 1.90 bits per heavy atom. The van der Waals surface area contributed by atoms with Gasteiger partial charge in [-0.3, -0.25) is 14.5 Å². The molecule has 2 aliphatic rings. The van der Waals surface area contributed by atoms with Crippen molar-refractivity contribution in [2.75, 3.05) is 4.90 Å². The molecule has 5 heteroatoms. The number of hydrogen-bond donors (Lipinski definition) is 1. The summed E-state index contributed by atoms with van der Waals surface area (Å²) in [5.74, 6) is 0.346. The fourth-order valence-corrected chi connectivity index (χ4v) is 3.12. The predicted octanol–water partition coefficient (Wildman–Crippen LogP) is 2.31. The van der Waals surface area contributed by atoms with Crippen molar-refractivity contribution < 1.29 is 9.59 Å². The van der Waals surface area contributed by atoms with Crippen molar-refractivity contribution >= 4 is 40.1 Å². The Hall–Kier alpha value is -1.11. The summed E-state index contributed by atoms with van der Waals surface area (Å²) in [4.78, 5) is 26.7. The molecule has 1 N–H and O–H groups in total. The number of rotatable bonds is 3. The number of amides is 2. The van der Waals surface area contributed by atoms with Gasteiger partial charge in [0.15, 0.2) is 0 Å². The minimum atomic E-state index is -0.391. The van der Waals surface area contributed by atoms with Crippen LogP contribution in [0.2, 0.25) is 0 Å². The van der Waals surface area contributed by atoms with Gasteiger partial charge in [-0.15, -0.1) is 0 Å². The van der Waals surface area contributed by atoms with Crippen LogP contribution in [0.4, 0.5) is 5.69 Å². The zero-order valence-corrected chi connectivity index (χ0v) is 13.5. The molecule has 0 aromatic heterocycles. The summed E-state index contributed by atoms with van der Waals surface area (Å²) in [5.41, 5.74) is 0.822. The number of carbonyl (C=O) groups excluding carboxylic acids is 2. The molecule has 1 aromatic carbocycles. The van der Waals surface area contributed by atoms with E-state index in [1.807, 2.05) is 31.2 Å². The van der Waals surface area contributed by atoms with Crippen molar-refractivity contribution in [2.24, 2.45) is 5.92 Å². The highest BCUT2D eigenvalue weighted by Gasteiger charge is 2.46. The van der Waals surface area contributed by atoms with Crippen LogP contribution in [0.3, 0.4) is 0 Å². The number of carbonyl (C=O) groups is 2. The number of hydrogen-bond acceptors (Lipinski definition) is 2. The molecule has 1 heterocycles. The highest BCUT2D eigenvalue weighted by Crippen LogP contribution is 2.36. The largest absolute Gasteiger partial charge is 0.342 e. The van der Waals surface area contributed by atoms with Gasteiger partial charge in [0, 0.05) is 9.26 Å². The molecule has 0 bridgehead atoms. The second-order valence-electron chi connectivity index (χ2n) is 5.43. The van der Waals surface area contributed by atoms with E-state index in [-0.39, 0.29) is 17.9 Å². The molecule has 2 fully saturated rings. The van der Waals surface area contributed by atoms with Crippen LogP contribution in [0, 0.1) is 9.49 Å². The Morgan fingerprint density at radius 1 is 1.25 bits per heavy atom. The lowest BCUT2D eigenvalue weighted by molar-refractivity contribution is -0.134. The molecule has 1 aromatic rings. The number of halogens is 1. The third kappa shape index (κ3) is 2.43. The fraction of sp³-hybridized carbons (Fsp3) is 0.467. The number of benzene rings is 1. The second kappa shape index (κ2) is 5.35. The van der Waals surface area contributed by atoms with Crippen LogP contribution >= 0.6 is 22.6 Å². The summed E-state index contributed by atoms with van der Waals surface area (Å²) < 4.78 is 1.12. The van der Waals surface area contributed by atoms with Crippen molar-refractivity contribution in [3.63, 3.8) is 0 Å². The second-order valence-corrected chi connectivity index (χ2v) is 6.68. The highest BCUT2D eigenvalue weighted by molar-refractivity contribution is 14.1. The van der Waals surface area contributed by atoms with E-state index in [1.54, 1.807) is 4.90 Å². The van der Waals surface area contributed by atoms with E-state index in [9.17, 15) is 9.59 Å². The highest BCUT2D eigenvalue weighted by atomic mass is 127. The molecule has 2 unspecified atom stereocenters. The summed E-state index contributed by atoms with van der Waals surface area (Å²) in [6.45, 7) is 1.94. The average molecular weight is 384 g/mol. The monoisotopic (exact) mass is 384 g/mol. The maximum absolute atomic E-state index is 12.7. The van der Waals surface area contributed by atoms with E-state index < -0.39 is 6.04 Å². The van der Waals surface area contributed by atoms with Crippen molar-refractivity contribution in [1.29, 1.82) is 0 Å². The quantitative estimate of drug-likeness (QED) is 0.814. The van der Waals surface area contributed by atoms with Gasteiger partial charge < -0.3 is 5.32 Å². The molecule has 106 valence electrons. The predicted molar refractivity (Wildman–Crippen MR) is 85.4 cm³/mol. The van der Waals surface area contributed by atoms with E-state index in [0.717, 1.165) is 22.1 Å². The van der Waals surface area contributed by atoms with Crippen molar-refractivity contribution in [1.82, 2.24) is 5.32 Å². The van der Waals surface area contributed by atoms with Gasteiger partial charge >= 0.3 is 0 Å². The third-order valence-electron chi connectivity index (χ3n) is 4.00. The average Bonchev–Trinajstić information content (AvgIpc) is 3.26. The molecule has 4 nitrogen and oxygen atoms in total. The smallest absolute Gasteiger partial charge is 0.250 e. The molecular formula is C15H17IN2O2. The molecule has 1 saturated heterocycles. The molecular weight excluding hydrogens is 367 g/mol. The topological polar surface area (TPSA) is 49.4 Å². The molecule has 20 heavy (non-hydrogen) atoms. The molecule has 0 radical (unpaired) electrons. The first-order valence-corrected chi connectivity index (χ1v) is 8.08. The Bertz CT molecular complexity index is 539. The Morgan fingerprint density at radius 3 is 2.45 bits per heavy atom. The SMILES string of the molecule is CCC1C(=O)NC(C2CC2)C(=O)N1c1ccc(I)cc1. The maximum Gasteiger partial charge on any atom is 0.250 e. The van der Waals surface area contributed by atoms with Gasteiger partial charge in [0.25, 0.3) is 5.91 Å². The lowest BCUT2D eigenvalue weighted by atomic mass is 10.0. The van der Waals surface area contributed by atoms with Crippen LogP contribution in [0.25, 0.3) is 0 Å². The van der Waals surface area contributed by atoms with Crippen molar-refractivity contribution in [3.05, 3.63) is 27.8 Å². The minimum Gasteiger partial charge on any atom is -0.342 e. The number of nitrogens with zero attached hydrogens (tertiary/aromatic N) is 1. The fourth-order valence-electron chi connectivity index (χ4n) is 2.76. The maximum atomic E-state index is 12.7. The molecule has 1 saturated carbocycles. The number of anilines is 1. The van der Waals surface area contributed by atoms with Gasteiger partial charge in [-0.2, -0.15) is 0 Å². The van der Waals surface area contributed by atoms with Crippen molar-refractivity contribution in [2.45, 2.75) is 38.3 Å². The van der Waals surface area contributed by atoms with E-state index >= 15 is 0 Å². The van der Waals surface area contributed by atoms with Crippen LogP contribution in [-0.4, -0.2) is 23.9 Å². The summed E-state index contributed by atoms with van der Waals surface area (Å²) in [5, 5.41) is 2.91. The summed E-state index contributed by atoms with van der Waals surface area (Å²) in [6, 6.07) is 7.06. The normalized spacial score (nSPS) is 26.6. The van der Waals surface area contributed by atoms with Gasteiger partial charge in [0.05, 0.1) is 0 Å². The first-order valence-electron chi connectivity index (χ1n) is 7.01. The van der Waals surface area contributed by atoms with Gasteiger partial charge in [0.2, 0.25) is 5.91 Å². The summed E-state index contributed by atoms with van der Waals surface area (Å²) in [6.07, 6.45) is 2.70. The van der Waals surface area contributed by atoms with E-state index in [1.165, 1.54) is 0 Å². The van der Waals surface area contributed by atoms with Crippen LogP contribution in [0.1, 0.15) is 26.2 Å². The van der Waals surface area contributed by atoms with Crippen molar-refractivity contribution in [3.8, 4) is 0 Å². The number of nitrogens with one attached hydrogen (secondary N) is 1. The molecule has 1 aliphatic heterocycles. The molecule has 3 rings (SSSR count). The zero-order chi connectivity index (χ0) is 14.3. The molecule has 1 aliphatic carbocycles. The number of piperazine rings is 1. The molecule has 2 amide bonds. The van der Waals surface area contributed by atoms with Crippen LogP contribution in [-0.2, 0) is 9.59 Å².